The molecule has 6 nitrogen and oxygen atoms in total. The Morgan fingerprint density at radius 1 is 0.839 bits per heavy atom. The van der Waals surface area contributed by atoms with Gasteiger partial charge in [-0.2, -0.15) is 17.6 Å². The standard InChI is InChI=1S/C21H30F4O6/c1-15(2)17(26)29-12-8-3-4-9-13-30-18(27)20(22,23)14-21(24,25)19(28)31-16-10-6-5-7-11-16/h16H,1,3-14H2,2H3. The van der Waals surface area contributed by atoms with Crippen molar-refractivity contribution in [2.24, 2.45) is 0 Å². The van der Waals surface area contributed by atoms with Crippen molar-refractivity contribution in [1.29, 1.82) is 0 Å². The van der Waals surface area contributed by atoms with Gasteiger partial charge < -0.3 is 14.2 Å². The molecule has 0 aromatic heterocycles. The van der Waals surface area contributed by atoms with Crippen molar-refractivity contribution < 1.29 is 46.2 Å². The van der Waals surface area contributed by atoms with E-state index in [-0.39, 0.29) is 25.2 Å². The highest BCUT2D eigenvalue weighted by molar-refractivity contribution is 5.86. The SMILES string of the molecule is C=C(C)C(=O)OCCCCCCOC(=O)C(F)(F)CC(F)(F)C(=O)OC1CCCCC1. The van der Waals surface area contributed by atoms with E-state index in [1.54, 1.807) is 0 Å². The maximum absolute atomic E-state index is 13.9. The van der Waals surface area contributed by atoms with Gasteiger partial charge in [0, 0.05) is 5.57 Å². The molecule has 1 fully saturated rings. The Hall–Kier alpha value is -2.13. The first kappa shape index (κ1) is 26.9. The molecule has 0 unspecified atom stereocenters. The number of rotatable bonds is 13. The molecule has 0 amide bonds. The zero-order chi connectivity index (χ0) is 23.5. The largest absolute Gasteiger partial charge is 0.462 e. The van der Waals surface area contributed by atoms with E-state index in [2.05, 4.69) is 16.1 Å². The van der Waals surface area contributed by atoms with Gasteiger partial charge in [-0.15, -0.1) is 0 Å². The molecule has 0 aromatic rings. The third-order valence-electron chi connectivity index (χ3n) is 4.72. The fourth-order valence-corrected chi connectivity index (χ4v) is 2.96. The van der Waals surface area contributed by atoms with Crippen LogP contribution in [0.25, 0.3) is 0 Å². The van der Waals surface area contributed by atoms with Crippen molar-refractivity contribution in [3.05, 3.63) is 12.2 Å². The predicted octanol–water partition coefficient (Wildman–Crippen LogP) is 4.75. The number of halogens is 4. The average molecular weight is 454 g/mol. The number of carbonyl (C=O) groups is 3. The maximum atomic E-state index is 13.9. The van der Waals surface area contributed by atoms with Gasteiger partial charge >= 0.3 is 29.8 Å². The summed E-state index contributed by atoms with van der Waals surface area (Å²) in [5.41, 5.74) is 0.278. The summed E-state index contributed by atoms with van der Waals surface area (Å²) in [5, 5.41) is 0. The molecular weight excluding hydrogens is 424 g/mol. The normalized spacial score (nSPS) is 15.3. The predicted molar refractivity (Wildman–Crippen MR) is 103 cm³/mol. The minimum absolute atomic E-state index is 0.176. The van der Waals surface area contributed by atoms with Crippen LogP contribution in [0, 0.1) is 0 Å². The molecule has 0 saturated heterocycles. The van der Waals surface area contributed by atoms with Gasteiger partial charge in [0.05, 0.1) is 19.6 Å². The molecule has 178 valence electrons. The van der Waals surface area contributed by atoms with Crippen LogP contribution in [0.3, 0.4) is 0 Å². The minimum atomic E-state index is -4.52. The molecule has 10 heteroatoms. The lowest BCUT2D eigenvalue weighted by Crippen LogP contribution is -2.43. The highest BCUT2D eigenvalue weighted by Gasteiger charge is 2.55. The lowest BCUT2D eigenvalue weighted by Gasteiger charge is -2.25. The summed E-state index contributed by atoms with van der Waals surface area (Å²) in [5.74, 6) is -13.7. The van der Waals surface area contributed by atoms with Crippen LogP contribution < -0.4 is 0 Å². The molecule has 1 rings (SSSR count). The van der Waals surface area contributed by atoms with E-state index in [1.165, 1.54) is 6.92 Å². The molecule has 0 heterocycles. The van der Waals surface area contributed by atoms with E-state index in [0.29, 0.717) is 44.9 Å². The summed E-state index contributed by atoms with van der Waals surface area (Å²) in [4.78, 5) is 34.3. The molecule has 0 N–H and O–H groups in total. The quantitative estimate of drug-likeness (QED) is 0.131. The van der Waals surface area contributed by atoms with Crippen LogP contribution in [-0.4, -0.2) is 49.1 Å². The minimum Gasteiger partial charge on any atom is -0.462 e. The van der Waals surface area contributed by atoms with Crippen LogP contribution in [0.2, 0.25) is 0 Å². The van der Waals surface area contributed by atoms with Gasteiger partial charge in [0.2, 0.25) is 0 Å². The summed E-state index contributed by atoms with van der Waals surface area (Å²) < 4.78 is 69.4. The first-order valence-electron chi connectivity index (χ1n) is 10.4. The Bertz CT molecular complexity index is 629. The lowest BCUT2D eigenvalue weighted by atomic mass is 9.98. The van der Waals surface area contributed by atoms with Crippen LogP contribution in [0.15, 0.2) is 12.2 Å². The van der Waals surface area contributed by atoms with Crippen LogP contribution >= 0.6 is 0 Å². The zero-order valence-electron chi connectivity index (χ0n) is 17.7. The van der Waals surface area contributed by atoms with Gasteiger partial charge in [-0.25, -0.2) is 14.4 Å². The highest BCUT2D eigenvalue weighted by Crippen LogP contribution is 2.34. The monoisotopic (exact) mass is 454 g/mol. The fraction of sp³-hybridized carbons (Fsp3) is 0.762. The van der Waals surface area contributed by atoms with Crippen molar-refractivity contribution in [2.45, 2.75) is 89.1 Å². The molecule has 1 saturated carbocycles. The molecule has 0 bridgehead atoms. The summed E-state index contributed by atoms with van der Waals surface area (Å²) in [6.45, 7) is 4.75. The summed E-state index contributed by atoms with van der Waals surface area (Å²) in [6.07, 6.45) is 1.99. The lowest BCUT2D eigenvalue weighted by molar-refractivity contribution is -0.200. The van der Waals surface area contributed by atoms with Crippen molar-refractivity contribution >= 4 is 17.9 Å². The van der Waals surface area contributed by atoms with Gasteiger partial charge in [0.25, 0.3) is 0 Å². The van der Waals surface area contributed by atoms with Gasteiger partial charge in [-0.05, 0) is 58.3 Å². The first-order valence-corrected chi connectivity index (χ1v) is 10.4. The molecule has 1 aliphatic rings. The average Bonchev–Trinajstić information content (AvgIpc) is 2.69. The summed E-state index contributed by atoms with van der Waals surface area (Å²) >= 11 is 0. The van der Waals surface area contributed by atoms with E-state index in [9.17, 15) is 31.9 Å². The Kier molecular flexibility index (Phi) is 11.0. The van der Waals surface area contributed by atoms with Crippen molar-refractivity contribution in [1.82, 2.24) is 0 Å². The molecule has 0 atom stereocenters. The number of hydrogen-bond donors (Lipinski definition) is 0. The van der Waals surface area contributed by atoms with Crippen molar-refractivity contribution in [3.63, 3.8) is 0 Å². The van der Waals surface area contributed by atoms with Gasteiger partial charge in [0.15, 0.2) is 0 Å². The molecule has 0 aliphatic heterocycles. The fourth-order valence-electron chi connectivity index (χ4n) is 2.96. The van der Waals surface area contributed by atoms with Gasteiger partial charge in [-0.1, -0.05) is 13.0 Å². The van der Waals surface area contributed by atoms with Crippen molar-refractivity contribution in [2.75, 3.05) is 13.2 Å². The number of ether oxygens (including phenoxy) is 3. The highest BCUT2D eigenvalue weighted by atomic mass is 19.3. The van der Waals surface area contributed by atoms with Gasteiger partial charge in [0.1, 0.15) is 6.10 Å². The number of alkyl halides is 4. The van der Waals surface area contributed by atoms with Crippen molar-refractivity contribution in [3.8, 4) is 0 Å². The molecular formula is C21H30F4O6. The third-order valence-corrected chi connectivity index (χ3v) is 4.72. The Labute approximate surface area is 179 Å². The van der Waals surface area contributed by atoms with Gasteiger partial charge in [-0.3, -0.25) is 0 Å². The second-order valence-corrected chi connectivity index (χ2v) is 7.72. The van der Waals surface area contributed by atoms with E-state index in [4.69, 9.17) is 4.74 Å². The second-order valence-electron chi connectivity index (χ2n) is 7.72. The molecule has 1 aliphatic carbocycles. The molecule has 31 heavy (non-hydrogen) atoms. The second kappa shape index (κ2) is 12.7. The number of esters is 3. The maximum Gasteiger partial charge on any atom is 0.377 e. The first-order chi connectivity index (χ1) is 14.5. The van der Waals surface area contributed by atoms with E-state index >= 15 is 0 Å². The van der Waals surface area contributed by atoms with Crippen LogP contribution in [0.1, 0.15) is 71.1 Å². The smallest absolute Gasteiger partial charge is 0.377 e. The number of hydrogen-bond acceptors (Lipinski definition) is 6. The zero-order valence-corrected chi connectivity index (χ0v) is 17.7. The Morgan fingerprint density at radius 2 is 1.35 bits per heavy atom. The van der Waals surface area contributed by atoms with Crippen LogP contribution in [-0.2, 0) is 28.6 Å². The third kappa shape index (κ3) is 10.1. The number of carbonyl (C=O) groups excluding carboxylic acids is 3. The molecule has 0 spiro atoms. The topological polar surface area (TPSA) is 78.9 Å². The van der Waals surface area contributed by atoms with Crippen LogP contribution in [0.4, 0.5) is 17.6 Å². The summed E-state index contributed by atoms with van der Waals surface area (Å²) in [6, 6.07) is 0. The molecule has 0 aromatic carbocycles. The Balaban J connectivity index is 2.28. The summed E-state index contributed by atoms with van der Waals surface area (Å²) in [7, 11) is 0. The van der Waals surface area contributed by atoms with E-state index in [1.807, 2.05) is 0 Å². The van der Waals surface area contributed by atoms with Crippen LogP contribution in [0.5, 0.6) is 0 Å². The van der Waals surface area contributed by atoms with E-state index in [0.717, 1.165) is 6.42 Å². The Morgan fingerprint density at radius 3 is 1.90 bits per heavy atom. The van der Waals surface area contributed by atoms with E-state index < -0.39 is 42.3 Å². The molecule has 0 radical (unpaired) electrons. The number of unbranched alkanes of at least 4 members (excludes halogenated alkanes) is 3.